The van der Waals surface area contributed by atoms with Crippen LogP contribution in [-0.2, 0) is 10.0 Å². The molecule has 1 aliphatic rings. The Hall–Kier alpha value is -1.96. The first-order chi connectivity index (χ1) is 12.7. The Balaban J connectivity index is 1.75. The molecule has 0 saturated carbocycles. The maximum atomic E-state index is 14.3. The Morgan fingerprint density at radius 1 is 1.07 bits per heavy atom. The lowest BCUT2D eigenvalue weighted by Crippen LogP contribution is -2.48. The molecule has 0 bridgehead atoms. The van der Waals surface area contributed by atoms with Crippen LogP contribution in [0.4, 0.5) is 10.1 Å². The van der Waals surface area contributed by atoms with Crippen LogP contribution in [0.2, 0.25) is 5.02 Å². The lowest BCUT2D eigenvalue weighted by Gasteiger charge is -2.35. The Kier molecular flexibility index (Phi) is 5.55. The zero-order chi connectivity index (χ0) is 19.8. The summed E-state index contributed by atoms with van der Waals surface area (Å²) < 4.78 is 41.3. The normalized spacial score (nSPS) is 15.8. The highest BCUT2D eigenvalue weighted by atomic mass is 35.5. The van der Waals surface area contributed by atoms with Crippen molar-refractivity contribution < 1.29 is 17.6 Å². The highest BCUT2D eigenvalue weighted by Crippen LogP contribution is 2.26. The fourth-order valence-electron chi connectivity index (χ4n) is 3.03. The Morgan fingerprint density at radius 3 is 2.30 bits per heavy atom. The molecule has 0 atom stereocenters. The minimum atomic E-state index is -3.65. The summed E-state index contributed by atoms with van der Waals surface area (Å²) in [5, 5.41) is 0.405. The van der Waals surface area contributed by atoms with Crippen molar-refractivity contribution in [1.29, 1.82) is 0 Å². The maximum Gasteiger partial charge on any atom is 0.243 e. The van der Waals surface area contributed by atoms with Crippen molar-refractivity contribution >= 4 is 33.1 Å². The predicted molar refractivity (Wildman–Crippen MR) is 104 cm³/mol. The molecule has 3 rings (SSSR count). The van der Waals surface area contributed by atoms with E-state index in [1.54, 1.807) is 29.2 Å². The van der Waals surface area contributed by atoms with E-state index in [4.69, 9.17) is 11.6 Å². The maximum absolute atomic E-state index is 14.3. The number of aryl methyl sites for hydroxylation is 1. The van der Waals surface area contributed by atoms with E-state index in [0.29, 0.717) is 29.4 Å². The number of benzene rings is 2. The summed E-state index contributed by atoms with van der Waals surface area (Å²) in [5.41, 5.74) is 1.49. The van der Waals surface area contributed by atoms with Crippen LogP contribution in [0, 0.1) is 12.7 Å². The fourth-order valence-corrected chi connectivity index (χ4v) is 4.73. The van der Waals surface area contributed by atoms with Crippen molar-refractivity contribution in [2.75, 3.05) is 31.1 Å². The molecular formula is C19H20ClFN2O3S. The lowest BCUT2D eigenvalue weighted by atomic mass is 10.1. The first-order valence-corrected chi connectivity index (χ1v) is 10.3. The Bertz CT molecular complexity index is 986. The van der Waals surface area contributed by atoms with Crippen molar-refractivity contribution in [1.82, 2.24) is 4.31 Å². The van der Waals surface area contributed by atoms with Gasteiger partial charge in [0, 0.05) is 36.8 Å². The molecule has 0 unspecified atom stereocenters. The molecule has 8 heteroatoms. The van der Waals surface area contributed by atoms with E-state index in [2.05, 4.69) is 0 Å². The number of piperazine rings is 1. The van der Waals surface area contributed by atoms with Crippen molar-refractivity contribution in [3.8, 4) is 0 Å². The van der Waals surface area contributed by atoms with E-state index in [1.165, 1.54) is 23.4 Å². The second-order valence-electron chi connectivity index (χ2n) is 6.52. The molecule has 27 heavy (non-hydrogen) atoms. The summed E-state index contributed by atoms with van der Waals surface area (Å²) in [6.07, 6.45) is 0. The number of hydrogen-bond acceptors (Lipinski definition) is 4. The van der Waals surface area contributed by atoms with Gasteiger partial charge in [0.05, 0.1) is 10.6 Å². The Labute approximate surface area is 163 Å². The summed E-state index contributed by atoms with van der Waals surface area (Å²) in [6, 6.07) is 9.04. The molecule has 144 valence electrons. The monoisotopic (exact) mass is 410 g/mol. The number of carbonyl (C=O) groups is 1. The number of anilines is 1. The second-order valence-corrected chi connectivity index (χ2v) is 8.87. The molecule has 1 fully saturated rings. The smallest absolute Gasteiger partial charge is 0.243 e. The van der Waals surface area contributed by atoms with Crippen LogP contribution in [-0.4, -0.2) is 44.7 Å². The first-order valence-electron chi connectivity index (χ1n) is 8.52. The quantitative estimate of drug-likeness (QED) is 0.724. The van der Waals surface area contributed by atoms with Crippen LogP contribution in [0.3, 0.4) is 0 Å². The molecule has 1 aliphatic heterocycles. The molecule has 0 aromatic heterocycles. The van der Waals surface area contributed by atoms with Crippen molar-refractivity contribution in [2.24, 2.45) is 0 Å². The van der Waals surface area contributed by atoms with Crippen LogP contribution >= 0.6 is 11.6 Å². The van der Waals surface area contributed by atoms with Gasteiger partial charge < -0.3 is 4.90 Å². The average molecular weight is 411 g/mol. The van der Waals surface area contributed by atoms with Gasteiger partial charge >= 0.3 is 0 Å². The molecule has 0 aliphatic carbocycles. The van der Waals surface area contributed by atoms with E-state index < -0.39 is 15.8 Å². The molecule has 0 amide bonds. The van der Waals surface area contributed by atoms with Gasteiger partial charge in [-0.25, -0.2) is 12.8 Å². The minimum absolute atomic E-state index is 0.156. The molecular weight excluding hydrogens is 391 g/mol. The zero-order valence-electron chi connectivity index (χ0n) is 15.1. The SMILES string of the molecule is CC(=O)c1ccc(N2CCN(S(=O)(=O)c3ccc(C)c(Cl)c3)CC2)c(F)c1. The molecule has 1 heterocycles. The van der Waals surface area contributed by atoms with E-state index in [1.807, 2.05) is 6.92 Å². The van der Waals surface area contributed by atoms with Gasteiger partial charge in [-0.3, -0.25) is 4.79 Å². The number of hydrogen-bond donors (Lipinski definition) is 0. The van der Waals surface area contributed by atoms with Gasteiger partial charge in [-0.1, -0.05) is 17.7 Å². The third kappa shape index (κ3) is 4.00. The summed E-state index contributed by atoms with van der Waals surface area (Å²) in [7, 11) is -3.65. The van der Waals surface area contributed by atoms with E-state index in [0.717, 1.165) is 5.56 Å². The summed E-state index contributed by atoms with van der Waals surface area (Å²) >= 11 is 6.06. The van der Waals surface area contributed by atoms with Crippen molar-refractivity contribution in [2.45, 2.75) is 18.7 Å². The van der Waals surface area contributed by atoms with Gasteiger partial charge in [0.15, 0.2) is 5.78 Å². The van der Waals surface area contributed by atoms with Crippen LogP contribution in [0.25, 0.3) is 0 Å². The van der Waals surface area contributed by atoms with Crippen molar-refractivity contribution in [3.05, 3.63) is 58.4 Å². The van der Waals surface area contributed by atoms with Crippen LogP contribution in [0.15, 0.2) is 41.3 Å². The van der Waals surface area contributed by atoms with Crippen LogP contribution < -0.4 is 4.90 Å². The molecule has 5 nitrogen and oxygen atoms in total. The van der Waals surface area contributed by atoms with E-state index >= 15 is 0 Å². The molecule has 0 radical (unpaired) electrons. The summed E-state index contributed by atoms with van der Waals surface area (Å²) in [5.74, 6) is -0.683. The van der Waals surface area contributed by atoms with Gasteiger partial charge in [-0.05, 0) is 49.7 Å². The van der Waals surface area contributed by atoms with Gasteiger partial charge in [-0.15, -0.1) is 0 Å². The van der Waals surface area contributed by atoms with Crippen LogP contribution in [0.5, 0.6) is 0 Å². The van der Waals surface area contributed by atoms with Gasteiger partial charge in [-0.2, -0.15) is 4.31 Å². The fraction of sp³-hybridized carbons (Fsp3) is 0.316. The first kappa shape index (κ1) is 19.8. The average Bonchev–Trinajstić information content (AvgIpc) is 2.64. The summed E-state index contributed by atoms with van der Waals surface area (Å²) in [6.45, 7) is 4.38. The minimum Gasteiger partial charge on any atom is -0.367 e. The molecule has 2 aromatic carbocycles. The predicted octanol–water partition coefficient (Wildman–Crippen LogP) is 3.50. The largest absolute Gasteiger partial charge is 0.367 e. The molecule has 2 aromatic rings. The molecule has 1 saturated heterocycles. The molecule has 0 N–H and O–H groups in total. The third-order valence-corrected chi connectivity index (χ3v) is 7.02. The number of Topliss-reactive ketones (excluding diaryl/α,β-unsaturated/α-hetero) is 1. The highest BCUT2D eigenvalue weighted by molar-refractivity contribution is 7.89. The highest BCUT2D eigenvalue weighted by Gasteiger charge is 2.29. The van der Waals surface area contributed by atoms with Gasteiger partial charge in [0.1, 0.15) is 5.82 Å². The standard InChI is InChI=1S/C19H20ClFN2O3S/c1-13-3-5-16(12-17(13)20)27(25,26)23-9-7-22(8-10-23)19-6-4-15(14(2)24)11-18(19)21/h3-6,11-12H,7-10H2,1-2H3. The number of halogens is 2. The molecule has 0 spiro atoms. The number of ketones is 1. The number of rotatable bonds is 4. The third-order valence-electron chi connectivity index (χ3n) is 4.71. The second kappa shape index (κ2) is 7.58. The van der Waals surface area contributed by atoms with Gasteiger partial charge in [0.2, 0.25) is 10.0 Å². The number of carbonyl (C=O) groups excluding carboxylic acids is 1. The van der Waals surface area contributed by atoms with E-state index in [-0.39, 0.29) is 23.8 Å². The van der Waals surface area contributed by atoms with Crippen molar-refractivity contribution in [3.63, 3.8) is 0 Å². The lowest BCUT2D eigenvalue weighted by molar-refractivity contribution is 0.101. The number of sulfonamides is 1. The number of nitrogens with zero attached hydrogens (tertiary/aromatic N) is 2. The Morgan fingerprint density at radius 2 is 1.74 bits per heavy atom. The van der Waals surface area contributed by atoms with Crippen LogP contribution in [0.1, 0.15) is 22.8 Å². The van der Waals surface area contributed by atoms with E-state index in [9.17, 15) is 17.6 Å². The topological polar surface area (TPSA) is 57.7 Å². The summed E-state index contributed by atoms with van der Waals surface area (Å²) in [4.78, 5) is 13.3. The zero-order valence-corrected chi connectivity index (χ0v) is 16.6. The van der Waals surface area contributed by atoms with Gasteiger partial charge in [0.25, 0.3) is 0 Å².